The van der Waals surface area contributed by atoms with Crippen LogP contribution in [0.5, 0.6) is 0 Å². The molecule has 0 spiro atoms. The Balaban J connectivity index is 2.96. The fraction of sp³-hybridized carbons (Fsp3) is 0.250. The molecule has 0 fully saturated rings. The van der Waals surface area contributed by atoms with Crippen LogP contribution in [-0.4, -0.2) is 11.7 Å². The molecule has 2 nitrogen and oxygen atoms in total. The van der Waals surface area contributed by atoms with Crippen molar-refractivity contribution >= 4 is 22.6 Å². The lowest BCUT2D eigenvalue weighted by atomic mass is 10.1. The first kappa shape index (κ1) is 9.88. The van der Waals surface area contributed by atoms with Crippen molar-refractivity contribution in [3.8, 4) is 0 Å². The van der Waals surface area contributed by atoms with Crippen LogP contribution >= 0.6 is 22.6 Å². The van der Waals surface area contributed by atoms with Crippen molar-refractivity contribution in [2.75, 3.05) is 6.61 Å². The Bertz CT molecular complexity index is 280. The van der Waals surface area contributed by atoms with Gasteiger partial charge in [0.1, 0.15) is 5.82 Å². The highest BCUT2D eigenvalue weighted by molar-refractivity contribution is 14.1. The van der Waals surface area contributed by atoms with Crippen LogP contribution < -0.4 is 5.73 Å². The van der Waals surface area contributed by atoms with Crippen LogP contribution in [0, 0.1) is 9.39 Å². The van der Waals surface area contributed by atoms with E-state index in [9.17, 15) is 4.39 Å². The van der Waals surface area contributed by atoms with Gasteiger partial charge in [-0.3, -0.25) is 0 Å². The van der Waals surface area contributed by atoms with Crippen molar-refractivity contribution in [2.45, 2.75) is 6.04 Å². The van der Waals surface area contributed by atoms with Gasteiger partial charge in [0.05, 0.1) is 12.6 Å². The molecule has 0 aliphatic heterocycles. The highest BCUT2D eigenvalue weighted by Crippen LogP contribution is 2.16. The Kier molecular flexibility index (Phi) is 3.42. The number of hydrogen-bond donors (Lipinski definition) is 2. The standard InChI is InChI=1S/C8H9FINO/c9-6-2-1-5(3-7(6)10)8(11)4-12/h1-3,8,12H,4,11H2/t8-/m1/s1. The molecule has 0 heterocycles. The van der Waals surface area contributed by atoms with Crippen molar-refractivity contribution < 1.29 is 9.50 Å². The zero-order valence-electron chi connectivity index (χ0n) is 6.30. The van der Waals surface area contributed by atoms with E-state index in [1.165, 1.54) is 6.07 Å². The van der Waals surface area contributed by atoms with E-state index in [2.05, 4.69) is 0 Å². The van der Waals surface area contributed by atoms with E-state index < -0.39 is 6.04 Å². The van der Waals surface area contributed by atoms with Crippen LogP contribution in [0.1, 0.15) is 11.6 Å². The van der Waals surface area contributed by atoms with E-state index in [1.807, 2.05) is 22.6 Å². The molecule has 0 aliphatic carbocycles. The highest BCUT2D eigenvalue weighted by atomic mass is 127. The van der Waals surface area contributed by atoms with E-state index in [0.717, 1.165) is 5.56 Å². The number of aliphatic hydroxyl groups excluding tert-OH is 1. The van der Waals surface area contributed by atoms with Crippen LogP contribution in [0.2, 0.25) is 0 Å². The van der Waals surface area contributed by atoms with Crippen molar-refractivity contribution in [3.63, 3.8) is 0 Å². The summed E-state index contributed by atoms with van der Waals surface area (Å²) in [6.07, 6.45) is 0. The van der Waals surface area contributed by atoms with Crippen LogP contribution in [0.3, 0.4) is 0 Å². The maximum atomic E-state index is 12.8. The Morgan fingerprint density at radius 1 is 1.58 bits per heavy atom. The minimum Gasteiger partial charge on any atom is -0.394 e. The zero-order chi connectivity index (χ0) is 9.14. The first-order valence-corrected chi connectivity index (χ1v) is 4.54. The molecule has 12 heavy (non-hydrogen) atoms. The summed E-state index contributed by atoms with van der Waals surface area (Å²) in [5.74, 6) is -0.260. The van der Waals surface area contributed by atoms with Gasteiger partial charge >= 0.3 is 0 Å². The molecule has 66 valence electrons. The molecular weight excluding hydrogens is 272 g/mol. The summed E-state index contributed by atoms with van der Waals surface area (Å²) in [6, 6.07) is 4.15. The second-order valence-electron chi connectivity index (χ2n) is 2.46. The molecule has 0 radical (unpaired) electrons. The largest absolute Gasteiger partial charge is 0.394 e. The predicted molar refractivity (Wildman–Crippen MR) is 53.1 cm³/mol. The van der Waals surface area contributed by atoms with Gasteiger partial charge < -0.3 is 10.8 Å². The monoisotopic (exact) mass is 281 g/mol. The molecule has 0 amide bonds. The maximum absolute atomic E-state index is 12.8. The minimum absolute atomic E-state index is 0.123. The first-order chi connectivity index (χ1) is 5.65. The maximum Gasteiger partial charge on any atom is 0.136 e. The molecule has 0 bridgehead atoms. The van der Waals surface area contributed by atoms with E-state index in [4.69, 9.17) is 10.8 Å². The second-order valence-corrected chi connectivity index (χ2v) is 3.62. The lowest BCUT2D eigenvalue weighted by Gasteiger charge is -2.08. The molecule has 0 saturated heterocycles. The molecule has 0 aromatic heterocycles. The number of rotatable bonds is 2. The topological polar surface area (TPSA) is 46.2 Å². The van der Waals surface area contributed by atoms with Gasteiger partial charge in [0.2, 0.25) is 0 Å². The quantitative estimate of drug-likeness (QED) is 0.805. The summed E-state index contributed by atoms with van der Waals surface area (Å²) in [5.41, 5.74) is 6.29. The van der Waals surface area contributed by atoms with Crippen molar-refractivity contribution in [2.24, 2.45) is 5.73 Å². The van der Waals surface area contributed by atoms with Crippen LogP contribution in [0.25, 0.3) is 0 Å². The molecule has 1 aromatic carbocycles. The normalized spacial score (nSPS) is 13.0. The van der Waals surface area contributed by atoms with E-state index in [0.29, 0.717) is 3.57 Å². The Morgan fingerprint density at radius 3 is 2.75 bits per heavy atom. The third-order valence-electron chi connectivity index (χ3n) is 1.57. The fourth-order valence-electron chi connectivity index (χ4n) is 0.848. The van der Waals surface area contributed by atoms with Crippen LogP contribution in [0.15, 0.2) is 18.2 Å². The third-order valence-corrected chi connectivity index (χ3v) is 2.40. The smallest absolute Gasteiger partial charge is 0.136 e. The van der Waals surface area contributed by atoms with Gasteiger partial charge in [-0.25, -0.2) is 4.39 Å². The number of nitrogens with two attached hydrogens (primary N) is 1. The van der Waals surface area contributed by atoms with Gasteiger partial charge in [-0.15, -0.1) is 0 Å². The second kappa shape index (κ2) is 4.15. The van der Waals surface area contributed by atoms with Gasteiger partial charge in [-0.05, 0) is 40.3 Å². The Hall–Kier alpha value is -0.200. The zero-order valence-corrected chi connectivity index (χ0v) is 8.45. The molecule has 1 rings (SSSR count). The van der Waals surface area contributed by atoms with Gasteiger partial charge in [0, 0.05) is 3.57 Å². The molecule has 4 heteroatoms. The summed E-state index contributed by atoms with van der Waals surface area (Å²) < 4.78 is 13.3. The molecule has 1 aromatic rings. The average Bonchev–Trinajstić information content (AvgIpc) is 2.08. The minimum atomic E-state index is -0.417. The number of halogens is 2. The van der Waals surface area contributed by atoms with Gasteiger partial charge in [0.15, 0.2) is 0 Å². The SMILES string of the molecule is N[C@H](CO)c1ccc(F)c(I)c1. The summed E-state index contributed by atoms with van der Waals surface area (Å²) in [4.78, 5) is 0. The average molecular weight is 281 g/mol. The Morgan fingerprint density at radius 2 is 2.25 bits per heavy atom. The van der Waals surface area contributed by atoms with Crippen LogP contribution in [0.4, 0.5) is 4.39 Å². The van der Waals surface area contributed by atoms with E-state index in [1.54, 1.807) is 12.1 Å². The van der Waals surface area contributed by atoms with Gasteiger partial charge in [-0.2, -0.15) is 0 Å². The van der Waals surface area contributed by atoms with E-state index in [-0.39, 0.29) is 12.4 Å². The molecule has 3 N–H and O–H groups in total. The molecule has 0 aliphatic rings. The van der Waals surface area contributed by atoms with Crippen molar-refractivity contribution in [3.05, 3.63) is 33.1 Å². The Labute approximate surface area is 83.7 Å². The predicted octanol–water partition coefficient (Wildman–Crippen LogP) is 1.42. The van der Waals surface area contributed by atoms with Gasteiger partial charge in [-0.1, -0.05) is 6.07 Å². The summed E-state index contributed by atoms with van der Waals surface area (Å²) in [5, 5.41) is 8.73. The lowest BCUT2D eigenvalue weighted by Crippen LogP contribution is -2.14. The summed E-state index contributed by atoms with van der Waals surface area (Å²) >= 11 is 1.89. The molecular formula is C8H9FINO. The summed E-state index contributed by atoms with van der Waals surface area (Å²) in [7, 11) is 0. The van der Waals surface area contributed by atoms with Crippen molar-refractivity contribution in [1.82, 2.24) is 0 Å². The molecule has 1 atom stereocenters. The number of benzene rings is 1. The lowest BCUT2D eigenvalue weighted by molar-refractivity contribution is 0.268. The summed E-state index contributed by atoms with van der Waals surface area (Å²) in [6.45, 7) is -0.123. The highest BCUT2D eigenvalue weighted by Gasteiger charge is 2.06. The van der Waals surface area contributed by atoms with Crippen molar-refractivity contribution in [1.29, 1.82) is 0 Å². The third kappa shape index (κ3) is 2.15. The fourth-order valence-corrected chi connectivity index (χ4v) is 1.39. The van der Waals surface area contributed by atoms with Crippen LogP contribution in [-0.2, 0) is 0 Å². The van der Waals surface area contributed by atoms with Gasteiger partial charge in [0.25, 0.3) is 0 Å². The first-order valence-electron chi connectivity index (χ1n) is 3.46. The van der Waals surface area contributed by atoms with E-state index >= 15 is 0 Å². The number of hydrogen-bond acceptors (Lipinski definition) is 2. The number of aliphatic hydroxyl groups is 1. The molecule has 0 unspecified atom stereocenters. The molecule has 0 saturated carbocycles.